The molecule has 1 aromatic rings. The normalized spacial score (nSPS) is 30.4. The van der Waals surface area contributed by atoms with Crippen LogP contribution in [0.4, 0.5) is 0 Å². The van der Waals surface area contributed by atoms with Crippen LogP contribution in [0, 0.1) is 5.41 Å². The second-order valence-corrected chi connectivity index (χ2v) is 6.65. The van der Waals surface area contributed by atoms with Crippen LogP contribution in [-0.4, -0.2) is 5.11 Å². The summed E-state index contributed by atoms with van der Waals surface area (Å²) in [5.74, 6) is 0. The Bertz CT molecular complexity index is 358. The molecule has 0 bridgehead atoms. The number of halogens is 1. The Hall–Kier alpha value is -0.0500. The van der Waals surface area contributed by atoms with E-state index in [1.165, 1.54) is 6.42 Å². The molecule has 0 spiro atoms. The maximum Gasteiger partial charge on any atom is 0.101 e. The second kappa shape index (κ2) is 3.76. The maximum absolute atomic E-state index is 10.7. The van der Waals surface area contributed by atoms with Crippen LogP contribution in [0.5, 0.6) is 0 Å². The van der Waals surface area contributed by atoms with Gasteiger partial charge < -0.3 is 5.11 Å². The lowest BCUT2D eigenvalue weighted by molar-refractivity contribution is -0.0410. The average Bonchev–Trinajstić information content (AvgIpc) is 2.49. The van der Waals surface area contributed by atoms with Crippen molar-refractivity contribution in [1.29, 1.82) is 0 Å². The highest BCUT2D eigenvalue weighted by molar-refractivity contribution is 7.10. The average molecular weight is 245 g/mol. The van der Waals surface area contributed by atoms with Crippen molar-refractivity contribution in [1.82, 2.24) is 0 Å². The van der Waals surface area contributed by atoms with E-state index in [2.05, 4.69) is 13.8 Å². The largest absolute Gasteiger partial charge is 0.384 e. The van der Waals surface area contributed by atoms with Crippen molar-refractivity contribution in [3.63, 3.8) is 0 Å². The molecule has 1 aromatic heterocycles. The van der Waals surface area contributed by atoms with Gasteiger partial charge in [-0.1, -0.05) is 25.4 Å². The first-order valence-electron chi connectivity index (χ1n) is 5.39. The SMILES string of the molecule is CC1(C)CCCC(O)(c2sccc2Cl)C1. The van der Waals surface area contributed by atoms with Gasteiger partial charge in [-0.3, -0.25) is 0 Å². The Labute approximate surface area is 100 Å². The molecule has 0 aliphatic heterocycles. The zero-order valence-corrected chi connectivity index (χ0v) is 10.8. The lowest BCUT2D eigenvalue weighted by Crippen LogP contribution is -2.36. The fourth-order valence-electron chi connectivity index (χ4n) is 2.65. The number of aliphatic hydroxyl groups is 1. The molecular weight excluding hydrogens is 228 g/mol. The molecule has 1 nitrogen and oxygen atoms in total. The topological polar surface area (TPSA) is 20.2 Å². The summed E-state index contributed by atoms with van der Waals surface area (Å²) in [6.07, 6.45) is 3.94. The fourth-order valence-corrected chi connectivity index (χ4v) is 4.01. The zero-order chi connectivity index (χ0) is 11.1. The van der Waals surface area contributed by atoms with Crippen LogP contribution in [0.2, 0.25) is 5.02 Å². The molecule has 15 heavy (non-hydrogen) atoms. The van der Waals surface area contributed by atoms with Gasteiger partial charge in [0.25, 0.3) is 0 Å². The number of rotatable bonds is 1. The lowest BCUT2D eigenvalue weighted by Gasteiger charge is -2.41. The van der Waals surface area contributed by atoms with Crippen molar-refractivity contribution >= 4 is 22.9 Å². The summed E-state index contributed by atoms with van der Waals surface area (Å²) < 4.78 is 0. The number of hydrogen-bond donors (Lipinski definition) is 1. The van der Waals surface area contributed by atoms with Crippen molar-refractivity contribution in [2.24, 2.45) is 5.41 Å². The van der Waals surface area contributed by atoms with Gasteiger partial charge >= 0.3 is 0 Å². The Kier molecular flexibility index (Phi) is 2.87. The van der Waals surface area contributed by atoms with E-state index in [9.17, 15) is 5.11 Å². The van der Waals surface area contributed by atoms with Crippen LogP contribution in [-0.2, 0) is 5.60 Å². The molecule has 1 atom stereocenters. The molecule has 1 N–H and O–H groups in total. The highest BCUT2D eigenvalue weighted by Gasteiger charge is 2.41. The van der Waals surface area contributed by atoms with Crippen molar-refractivity contribution in [3.05, 3.63) is 21.3 Å². The van der Waals surface area contributed by atoms with Gasteiger partial charge in [0.1, 0.15) is 5.60 Å². The predicted octanol–water partition coefficient (Wildman–Crippen LogP) is 4.19. The summed E-state index contributed by atoms with van der Waals surface area (Å²) in [5, 5.41) is 13.4. The Morgan fingerprint density at radius 2 is 2.13 bits per heavy atom. The van der Waals surface area contributed by atoms with Crippen molar-refractivity contribution in [3.8, 4) is 0 Å². The van der Waals surface area contributed by atoms with Crippen LogP contribution in [0.25, 0.3) is 0 Å². The monoisotopic (exact) mass is 244 g/mol. The smallest absolute Gasteiger partial charge is 0.101 e. The third-order valence-corrected chi connectivity index (χ3v) is 4.79. The second-order valence-electron chi connectivity index (χ2n) is 5.32. The molecule has 0 amide bonds. The molecule has 3 heteroatoms. The van der Waals surface area contributed by atoms with E-state index < -0.39 is 5.60 Å². The Balaban J connectivity index is 2.31. The quantitative estimate of drug-likeness (QED) is 0.786. The minimum Gasteiger partial charge on any atom is -0.384 e. The van der Waals surface area contributed by atoms with Crippen LogP contribution in [0.3, 0.4) is 0 Å². The van der Waals surface area contributed by atoms with Gasteiger partial charge in [0.05, 0.1) is 9.90 Å². The van der Waals surface area contributed by atoms with Gasteiger partial charge in [0, 0.05) is 0 Å². The van der Waals surface area contributed by atoms with Crippen LogP contribution in [0.15, 0.2) is 11.4 Å². The highest BCUT2D eigenvalue weighted by Crippen LogP contribution is 2.49. The van der Waals surface area contributed by atoms with Gasteiger partial charge in [-0.15, -0.1) is 11.3 Å². The molecule has 84 valence electrons. The van der Waals surface area contributed by atoms with E-state index in [0.29, 0.717) is 0 Å². The third-order valence-electron chi connectivity index (χ3n) is 3.25. The molecule has 1 unspecified atom stereocenters. The molecule has 1 saturated carbocycles. The van der Waals surface area contributed by atoms with Crippen molar-refractivity contribution in [2.45, 2.75) is 45.1 Å². The van der Waals surface area contributed by atoms with E-state index in [1.807, 2.05) is 11.4 Å². The first-order chi connectivity index (χ1) is 6.93. The van der Waals surface area contributed by atoms with Gasteiger partial charge in [-0.2, -0.15) is 0 Å². The summed E-state index contributed by atoms with van der Waals surface area (Å²) in [5.41, 5.74) is -0.465. The molecule has 1 aliphatic rings. The first-order valence-corrected chi connectivity index (χ1v) is 6.65. The molecule has 0 aromatic carbocycles. The standard InChI is InChI=1S/C12H17ClOS/c1-11(2)5-3-6-12(14,8-11)10-9(13)4-7-15-10/h4,7,14H,3,5-6,8H2,1-2H3. The molecule has 0 saturated heterocycles. The fraction of sp³-hybridized carbons (Fsp3) is 0.667. The van der Waals surface area contributed by atoms with Crippen molar-refractivity contribution < 1.29 is 5.11 Å². The lowest BCUT2D eigenvalue weighted by atomic mass is 9.69. The predicted molar refractivity (Wildman–Crippen MR) is 65.5 cm³/mol. The molecule has 1 fully saturated rings. The summed E-state index contributed by atoms with van der Waals surface area (Å²) in [6.45, 7) is 4.44. The summed E-state index contributed by atoms with van der Waals surface area (Å²) in [7, 11) is 0. The summed E-state index contributed by atoms with van der Waals surface area (Å²) >= 11 is 7.68. The third kappa shape index (κ3) is 2.22. The van der Waals surface area contributed by atoms with Gasteiger partial charge in [-0.05, 0) is 42.5 Å². The van der Waals surface area contributed by atoms with Gasteiger partial charge in [0.15, 0.2) is 0 Å². The Morgan fingerprint density at radius 3 is 2.67 bits per heavy atom. The van der Waals surface area contributed by atoms with E-state index in [1.54, 1.807) is 11.3 Å². The highest BCUT2D eigenvalue weighted by atomic mass is 35.5. The van der Waals surface area contributed by atoms with Crippen LogP contribution < -0.4 is 0 Å². The van der Waals surface area contributed by atoms with Crippen LogP contribution in [0.1, 0.15) is 44.4 Å². The molecule has 2 rings (SSSR count). The minimum absolute atomic E-state index is 0.223. The van der Waals surface area contributed by atoms with Crippen molar-refractivity contribution in [2.75, 3.05) is 0 Å². The summed E-state index contributed by atoms with van der Waals surface area (Å²) in [6, 6.07) is 1.88. The molecular formula is C12H17ClOS. The Morgan fingerprint density at radius 1 is 1.40 bits per heavy atom. The first kappa shape index (κ1) is 11.4. The minimum atomic E-state index is -0.688. The van der Waals surface area contributed by atoms with E-state index in [0.717, 1.165) is 29.2 Å². The molecule has 1 heterocycles. The van der Waals surface area contributed by atoms with E-state index >= 15 is 0 Å². The molecule has 0 radical (unpaired) electrons. The zero-order valence-electron chi connectivity index (χ0n) is 9.22. The molecule has 1 aliphatic carbocycles. The van der Waals surface area contributed by atoms with Crippen LogP contribution >= 0.6 is 22.9 Å². The van der Waals surface area contributed by atoms with E-state index in [4.69, 9.17) is 11.6 Å². The maximum atomic E-state index is 10.7. The van der Waals surface area contributed by atoms with E-state index in [-0.39, 0.29) is 5.41 Å². The van der Waals surface area contributed by atoms with Gasteiger partial charge in [-0.25, -0.2) is 0 Å². The number of thiophene rings is 1. The number of hydrogen-bond acceptors (Lipinski definition) is 2. The summed E-state index contributed by atoms with van der Waals surface area (Å²) in [4.78, 5) is 0.956. The van der Waals surface area contributed by atoms with Gasteiger partial charge in [0.2, 0.25) is 0 Å².